The third-order valence-corrected chi connectivity index (χ3v) is 7.27. The van der Waals surface area contributed by atoms with Crippen LogP contribution in [0.1, 0.15) is 46.5 Å². The molecule has 1 atom stereocenters. The lowest BCUT2D eigenvalue weighted by Gasteiger charge is -2.21. The summed E-state index contributed by atoms with van der Waals surface area (Å²) in [6.07, 6.45) is 6.36. The van der Waals surface area contributed by atoms with Crippen LogP contribution in [0.3, 0.4) is 0 Å². The molecule has 160 valence electrons. The molecule has 6 nitrogen and oxygen atoms in total. The molecule has 4 aromatic rings. The molecule has 1 N–H and O–H groups in total. The summed E-state index contributed by atoms with van der Waals surface area (Å²) in [6.45, 7) is 7.40. The van der Waals surface area contributed by atoms with E-state index in [0.29, 0.717) is 0 Å². The number of nitrogens with one attached hydrogen (secondary N) is 1. The number of fused-ring (bicyclic) bond motifs is 1. The summed E-state index contributed by atoms with van der Waals surface area (Å²) in [5.41, 5.74) is 2.41. The van der Waals surface area contributed by atoms with Crippen LogP contribution in [0.25, 0.3) is 10.2 Å². The highest BCUT2D eigenvalue weighted by atomic mass is 32.1. The van der Waals surface area contributed by atoms with E-state index < -0.39 is 0 Å². The van der Waals surface area contributed by atoms with Crippen LogP contribution in [0.2, 0.25) is 0 Å². The fourth-order valence-electron chi connectivity index (χ4n) is 4.34. The number of likely N-dealkylation sites (tertiary alicyclic amines) is 1. The summed E-state index contributed by atoms with van der Waals surface area (Å²) in [7, 11) is 2.04. The van der Waals surface area contributed by atoms with Crippen molar-refractivity contribution in [3.63, 3.8) is 0 Å². The molecule has 0 radical (unpaired) electrons. The summed E-state index contributed by atoms with van der Waals surface area (Å²) in [4.78, 5) is 19.5. The Kier molecular flexibility index (Phi) is 5.46. The number of benzene rings is 1. The van der Waals surface area contributed by atoms with Gasteiger partial charge in [0.05, 0.1) is 11.9 Å². The normalized spacial score (nSPS) is 15.6. The minimum atomic E-state index is -0.0986. The monoisotopic (exact) mass is 432 g/mol. The van der Waals surface area contributed by atoms with Gasteiger partial charge in [-0.2, -0.15) is 0 Å². The zero-order valence-electron chi connectivity index (χ0n) is 18.3. The molecular weight excluding hydrogens is 404 g/mol. The van der Waals surface area contributed by atoms with Gasteiger partial charge in [0, 0.05) is 24.3 Å². The molecule has 1 unspecified atom stereocenters. The van der Waals surface area contributed by atoms with Crippen LogP contribution >= 0.6 is 11.3 Å². The fraction of sp³-hybridized carbons (Fsp3) is 0.375. The van der Waals surface area contributed by atoms with Gasteiger partial charge in [0.2, 0.25) is 0 Å². The zero-order chi connectivity index (χ0) is 21.4. The van der Waals surface area contributed by atoms with E-state index in [0.717, 1.165) is 52.9 Å². The maximum Gasteiger partial charge on any atom is 0.146 e. The first-order chi connectivity index (χ1) is 15.1. The summed E-state index contributed by atoms with van der Waals surface area (Å²) < 4.78 is 2.07. The van der Waals surface area contributed by atoms with Crippen LogP contribution in [-0.2, 0) is 13.6 Å². The predicted octanol–water partition coefficient (Wildman–Crippen LogP) is 4.84. The Morgan fingerprint density at radius 3 is 2.58 bits per heavy atom. The highest BCUT2D eigenvalue weighted by Crippen LogP contribution is 2.36. The van der Waals surface area contributed by atoms with E-state index in [1.807, 2.05) is 25.5 Å². The van der Waals surface area contributed by atoms with Gasteiger partial charge in [-0.3, -0.25) is 4.90 Å². The van der Waals surface area contributed by atoms with E-state index in [-0.39, 0.29) is 6.04 Å². The number of hydrogen-bond acceptors (Lipinski definition) is 6. The Morgan fingerprint density at radius 1 is 1.10 bits per heavy atom. The molecule has 3 aromatic heterocycles. The van der Waals surface area contributed by atoms with Crippen molar-refractivity contribution in [1.29, 1.82) is 0 Å². The van der Waals surface area contributed by atoms with Crippen molar-refractivity contribution in [3.8, 4) is 0 Å². The lowest BCUT2D eigenvalue weighted by molar-refractivity contribution is 0.323. The Hall–Kier alpha value is -2.77. The average Bonchev–Trinajstić information content (AvgIpc) is 3.49. The summed E-state index contributed by atoms with van der Waals surface area (Å²) in [5, 5.41) is 4.88. The molecular formula is C24H28N6S. The molecule has 0 aliphatic carbocycles. The molecule has 7 heteroatoms. The Bertz CT molecular complexity index is 1190. The predicted molar refractivity (Wildman–Crippen MR) is 127 cm³/mol. The van der Waals surface area contributed by atoms with Crippen molar-refractivity contribution < 1.29 is 0 Å². The van der Waals surface area contributed by atoms with Gasteiger partial charge in [-0.1, -0.05) is 30.3 Å². The number of nitrogens with zero attached hydrogens (tertiary/aromatic N) is 5. The molecule has 1 aliphatic heterocycles. The topological polar surface area (TPSA) is 58.9 Å². The van der Waals surface area contributed by atoms with Gasteiger partial charge >= 0.3 is 0 Å². The van der Waals surface area contributed by atoms with Crippen LogP contribution < -0.4 is 5.32 Å². The molecule has 1 aliphatic rings. The second-order valence-electron chi connectivity index (χ2n) is 8.32. The minimum absolute atomic E-state index is 0.0986. The van der Waals surface area contributed by atoms with Crippen LogP contribution in [0.5, 0.6) is 0 Å². The quantitative estimate of drug-likeness (QED) is 0.472. The van der Waals surface area contributed by atoms with E-state index in [1.54, 1.807) is 11.3 Å². The average molecular weight is 433 g/mol. The second kappa shape index (κ2) is 8.40. The first-order valence-electron chi connectivity index (χ1n) is 10.9. The maximum absolute atomic E-state index is 5.05. The number of rotatable bonds is 6. The summed E-state index contributed by atoms with van der Waals surface area (Å²) in [5.74, 6) is 2.76. The van der Waals surface area contributed by atoms with Gasteiger partial charge < -0.3 is 9.88 Å². The molecule has 1 aromatic carbocycles. The molecule has 0 saturated carbocycles. The van der Waals surface area contributed by atoms with Gasteiger partial charge in [0.25, 0.3) is 0 Å². The van der Waals surface area contributed by atoms with Crippen molar-refractivity contribution in [2.75, 3.05) is 18.4 Å². The summed E-state index contributed by atoms with van der Waals surface area (Å²) in [6, 6.07) is 10.4. The van der Waals surface area contributed by atoms with Crippen LogP contribution in [0.15, 0.2) is 42.7 Å². The molecule has 0 spiro atoms. The molecule has 1 saturated heterocycles. The maximum atomic E-state index is 5.05. The molecule has 5 rings (SSSR count). The fourth-order valence-corrected chi connectivity index (χ4v) is 5.39. The first kappa shape index (κ1) is 20.2. The molecule has 0 amide bonds. The lowest BCUT2D eigenvalue weighted by atomic mass is 10.1. The van der Waals surface area contributed by atoms with Gasteiger partial charge in [0.1, 0.15) is 28.3 Å². The number of aromatic nitrogens is 4. The van der Waals surface area contributed by atoms with E-state index in [4.69, 9.17) is 9.97 Å². The van der Waals surface area contributed by atoms with Crippen LogP contribution in [0, 0.1) is 13.8 Å². The number of anilines is 1. The summed E-state index contributed by atoms with van der Waals surface area (Å²) >= 11 is 1.76. The Morgan fingerprint density at radius 2 is 1.87 bits per heavy atom. The Balaban J connectivity index is 1.60. The zero-order valence-corrected chi connectivity index (χ0v) is 19.1. The second-order valence-corrected chi connectivity index (χ2v) is 9.52. The van der Waals surface area contributed by atoms with Gasteiger partial charge in [0.15, 0.2) is 0 Å². The first-order valence-corrected chi connectivity index (χ1v) is 11.7. The third kappa shape index (κ3) is 3.95. The molecule has 4 heterocycles. The van der Waals surface area contributed by atoms with Crippen LogP contribution in [-0.4, -0.2) is 37.5 Å². The van der Waals surface area contributed by atoms with Gasteiger partial charge in [-0.25, -0.2) is 15.0 Å². The lowest BCUT2D eigenvalue weighted by Crippen LogP contribution is -2.21. The smallest absolute Gasteiger partial charge is 0.146 e. The van der Waals surface area contributed by atoms with E-state index in [2.05, 4.69) is 57.9 Å². The van der Waals surface area contributed by atoms with Crippen molar-refractivity contribution in [2.24, 2.45) is 7.05 Å². The van der Waals surface area contributed by atoms with Crippen LogP contribution in [0.4, 0.5) is 5.82 Å². The standard InChI is InChI=1S/C24H28N6S/c1-16-17(2)31-24-20(16)22(26-19(27-24)15-30-12-7-8-13-30)28-21(18-9-5-4-6-10-18)23-25-11-14-29(23)3/h4-6,9-11,14,21H,7-8,12-13,15H2,1-3H3,(H,26,27,28). The molecule has 0 bridgehead atoms. The number of imidazole rings is 1. The van der Waals surface area contributed by atoms with Crippen molar-refractivity contribution in [1.82, 2.24) is 24.4 Å². The largest absolute Gasteiger partial charge is 0.356 e. The van der Waals surface area contributed by atoms with Crippen molar-refractivity contribution in [2.45, 2.75) is 39.3 Å². The molecule has 1 fully saturated rings. The van der Waals surface area contributed by atoms with E-state index >= 15 is 0 Å². The van der Waals surface area contributed by atoms with Crippen molar-refractivity contribution >= 4 is 27.4 Å². The number of thiophene rings is 1. The van der Waals surface area contributed by atoms with Crippen molar-refractivity contribution in [3.05, 3.63) is 70.4 Å². The number of hydrogen-bond donors (Lipinski definition) is 1. The highest BCUT2D eigenvalue weighted by molar-refractivity contribution is 7.18. The number of aryl methyl sites for hydroxylation is 3. The van der Waals surface area contributed by atoms with Gasteiger partial charge in [-0.15, -0.1) is 11.3 Å². The van der Waals surface area contributed by atoms with E-state index in [1.165, 1.54) is 23.3 Å². The van der Waals surface area contributed by atoms with E-state index in [9.17, 15) is 0 Å². The SMILES string of the molecule is Cc1sc2nc(CN3CCCC3)nc(NC(c3ccccc3)c3nccn3C)c2c1C. The Labute approximate surface area is 187 Å². The minimum Gasteiger partial charge on any atom is -0.356 e. The third-order valence-electron chi connectivity index (χ3n) is 6.17. The molecule has 31 heavy (non-hydrogen) atoms. The van der Waals surface area contributed by atoms with Gasteiger partial charge in [-0.05, 0) is 50.9 Å². The highest BCUT2D eigenvalue weighted by Gasteiger charge is 2.23.